The standard InChI is InChI=1S/C18H27ClN4O4/c1-18(2,3)27-17(25)23-10-6-5-7-12(23)8-9-20-13-11-14(19)21-22-15(13)16(24)26-4/h11-12H,5-10H2,1-4H3,(H,20,21). The van der Waals surface area contributed by atoms with Gasteiger partial charge in [0.2, 0.25) is 0 Å². The van der Waals surface area contributed by atoms with Gasteiger partial charge in [0.1, 0.15) is 5.60 Å². The van der Waals surface area contributed by atoms with E-state index in [-0.39, 0.29) is 23.0 Å². The van der Waals surface area contributed by atoms with Crippen LogP contribution in [0.2, 0.25) is 5.15 Å². The third-order valence-electron chi connectivity index (χ3n) is 4.19. The van der Waals surface area contributed by atoms with Crippen LogP contribution in [-0.4, -0.2) is 59.0 Å². The number of carbonyl (C=O) groups excluding carboxylic acids is 2. The second-order valence-electron chi connectivity index (χ2n) is 7.46. The Balaban J connectivity index is 1.99. The smallest absolute Gasteiger partial charge is 0.410 e. The monoisotopic (exact) mass is 398 g/mol. The van der Waals surface area contributed by atoms with Crippen molar-refractivity contribution in [3.8, 4) is 0 Å². The molecule has 1 aromatic rings. The first-order chi connectivity index (χ1) is 12.7. The van der Waals surface area contributed by atoms with Crippen LogP contribution in [0.1, 0.15) is 56.9 Å². The number of nitrogens with one attached hydrogen (secondary N) is 1. The third kappa shape index (κ3) is 6.23. The molecule has 1 unspecified atom stereocenters. The summed E-state index contributed by atoms with van der Waals surface area (Å²) in [7, 11) is 1.28. The van der Waals surface area contributed by atoms with Crippen molar-refractivity contribution in [2.24, 2.45) is 0 Å². The first-order valence-electron chi connectivity index (χ1n) is 9.06. The average Bonchev–Trinajstić information content (AvgIpc) is 2.60. The number of likely N-dealkylation sites (tertiary alicyclic amines) is 1. The van der Waals surface area contributed by atoms with Crippen molar-refractivity contribution >= 4 is 29.4 Å². The molecule has 0 radical (unpaired) electrons. The molecule has 27 heavy (non-hydrogen) atoms. The zero-order chi connectivity index (χ0) is 20.0. The minimum absolute atomic E-state index is 0.0768. The van der Waals surface area contributed by atoms with E-state index in [1.165, 1.54) is 13.2 Å². The highest BCUT2D eigenvalue weighted by Crippen LogP contribution is 2.23. The van der Waals surface area contributed by atoms with E-state index in [9.17, 15) is 9.59 Å². The number of hydrogen-bond donors (Lipinski definition) is 1. The Morgan fingerprint density at radius 3 is 2.74 bits per heavy atom. The molecule has 1 atom stereocenters. The largest absolute Gasteiger partial charge is 0.464 e. The lowest BCUT2D eigenvalue weighted by Gasteiger charge is -2.37. The van der Waals surface area contributed by atoms with E-state index in [1.807, 2.05) is 20.8 Å². The van der Waals surface area contributed by atoms with Gasteiger partial charge in [-0.15, -0.1) is 10.2 Å². The summed E-state index contributed by atoms with van der Waals surface area (Å²) in [5.41, 5.74) is 0.0164. The fourth-order valence-corrected chi connectivity index (χ4v) is 3.13. The molecule has 0 aromatic carbocycles. The molecule has 0 bridgehead atoms. The maximum Gasteiger partial charge on any atom is 0.410 e. The van der Waals surface area contributed by atoms with Crippen LogP contribution in [-0.2, 0) is 9.47 Å². The molecule has 150 valence electrons. The van der Waals surface area contributed by atoms with E-state index in [1.54, 1.807) is 4.90 Å². The van der Waals surface area contributed by atoms with E-state index in [2.05, 4.69) is 15.5 Å². The number of methoxy groups -OCH3 is 1. The lowest BCUT2D eigenvalue weighted by atomic mass is 10.00. The van der Waals surface area contributed by atoms with Gasteiger partial charge in [-0.05, 0) is 46.5 Å². The van der Waals surface area contributed by atoms with Crippen LogP contribution in [0.15, 0.2) is 6.07 Å². The molecule has 0 spiro atoms. The van der Waals surface area contributed by atoms with E-state index < -0.39 is 11.6 Å². The summed E-state index contributed by atoms with van der Waals surface area (Å²) in [4.78, 5) is 26.1. The second-order valence-corrected chi connectivity index (χ2v) is 7.85. The summed E-state index contributed by atoms with van der Waals surface area (Å²) in [5.74, 6) is -0.588. The summed E-state index contributed by atoms with van der Waals surface area (Å²) in [5, 5.41) is 10.8. The molecule has 1 aliphatic heterocycles. The highest BCUT2D eigenvalue weighted by molar-refractivity contribution is 6.29. The van der Waals surface area contributed by atoms with E-state index in [0.717, 1.165) is 19.3 Å². The van der Waals surface area contributed by atoms with Gasteiger partial charge in [-0.1, -0.05) is 11.6 Å². The fraction of sp³-hybridized carbons (Fsp3) is 0.667. The molecule has 1 aliphatic rings. The first-order valence-corrected chi connectivity index (χ1v) is 9.44. The number of piperidine rings is 1. The van der Waals surface area contributed by atoms with Gasteiger partial charge < -0.3 is 19.7 Å². The number of anilines is 1. The molecule has 1 fully saturated rings. The topological polar surface area (TPSA) is 93.6 Å². The third-order valence-corrected chi connectivity index (χ3v) is 4.38. The predicted molar refractivity (Wildman–Crippen MR) is 102 cm³/mol. The van der Waals surface area contributed by atoms with Crippen molar-refractivity contribution in [2.45, 2.75) is 58.1 Å². The summed E-state index contributed by atoms with van der Waals surface area (Å²) in [6, 6.07) is 1.61. The number of nitrogens with zero attached hydrogens (tertiary/aromatic N) is 3. The Bertz CT molecular complexity index is 678. The number of ether oxygens (including phenoxy) is 2. The van der Waals surface area contributed by atoms with E-state index >= 15 is 0 Å². The van der Waals surface area contributed by atoms with Crippen molar-refractivity contribution in [3.63, 3.8) is 0 Å². The number of aromatic nitrogens is 2. The number of halogens is 1. The molecule has 1 amide bonds. The summed E-state index contributed by atoms with van der Waals surface area (Å²) in [6.07, 6.45) is 3.38. The maximum absolute atomic E-state index is 12.5. The van der Waals surface area contributed by atoms with Crippen molar-refractivity contribution in [1.29, 1.82) is 0 Å². The number of hydrogen-bond acceptors (Lipinski definition) is 7. The van der Waals surface area contributed by atoms with Crippen LogP contribution in [0.3, 0.4) is 0 Å². The second kappa shape index (κ2) is 9.21. The van der Waals surface area contributed by atoms with Crippen LogP contribution < -0.4 is 5.32 Å². The van der Waals surface area contributed by atoms with Gasteiger partial charge in [-0.25, -0.2) is 9.59 Å². The predicted octanol–water partition coefficient (Wildman–Crippen LogP) is 3.51. The van der Waals surface area contributed by atoms with Crippen LogP contribution in [0.4, 0.5) is 10.5 Å². The number of carbonyl (C=O) groups is 2. The molecule has 1 N–H and O–H groups in total. The highest BCUT2D eigenvalue weighted by Gasteiger charge is 2.30. The maximum atomic E-state index is 12.5. The zero-order valence-electron chi connectivity index (χ0n) is 16.2. The number of rotatable bonds is 5. The van der Waals surface area contributed by atoms with Crippen molar-refractivity contribution in [1.82, 2.24) is 15.1 Å². The minimum Gasteiger partial charge on any atom is -0.464 e. The van der Waals surface area contributed by atoms with Gasteiger partial charge in [0.15, 0.2) is 10.8 Å². The lowest BCUT2D eigenvalue weighted by molar-refractivity contribution is 0.00928. The molecule has 2 rings (SSSR count). The van der Waals surface area contributed by atoms with Gasteiger partial charge in [-0.3, -0.25) is 0 Å². The van der Waals surface area contributed by atoms with Crippen LogP contribution in [0.5, 0.6) is 0 Å². The molecule has 1 saturated heterocycles. The Kier molecular flexibility index (Phi) is 7.24. The zero-order valence-corrected chi connectivity index (χ0v) is 17.0. The Morgan fingerprint density at radius 2 is 2.07 bits per heavy atom. The molecular weight excluding hydrogens is 372 g/mol. The Hall–Kier alpha value is -2.09. The van der Waals surface area contributed by atoms with Crippen LogP contribution >= 0.6 is 11.6 Å². The molecule has 8 nitrogen and oxygen atoms in total. The highest BCUT2D eigenvalue weighted by atomic mass is 35.5. The van der Waals surface area contributed by atoms with Crippen LogP contribution in [0.25, 0.3) is 0 Å². The van der Waals surface area contributed by atoms with Gasteiger partial charge in [0.05, 0.1) is 12.8 Å². The van der Waals surface area contributed by atoms with Gasteiger partial charge in [-0.2, -0.15) is 0 Å². The van der Waals surface area contributed by atoms with E-state index in [0.29, 0.717) is 25.2 Å². The normalized spacial score (nSPS) is 17.4. The summed E-state index contributed by atoms with van der Waals surface area (Å²) >= 11 is 5.88. The average molecular weight is 399 g/mol. The Labute approximate surface area is 164 Å². The van der Waals surface area contributed by atoms with Gasteiger partial charge >= 0.3 is 12.1 Å². The Morgan fingerprint density at radius 1 is 1.33 bits per heavy atom. The van der Waals surface area contributed by atoms with E-state index in [4.69, 9.17) is 21.1 Å². The quantitative estimate of drug-likeness (QED) is 0.758. The van der Waals surface area contributed by atoms with Gasteiger partial charge in [0, 0.05) is 25.2 Å². The minimum atomic E-state index is -0.588. The fourth-order valence-electron chi connectivity index (χ4n) is 2.99. The van der Waals surface area contributed by atoms with Gasteiger partial charge in [0.25, 0.3) is 0 Å². The molecule has 0 saturated carbocycles. The van der Waals surface area contributed by atoms with Crippen molar-refractivity contribution < 1.29 is 19.1 Å². The van der Waals surface area contributed by atoms with Crippen LogP contribution in [0, 0.1) is 0 Å². The summed E-state index contributed by atoms with van der Waals surface area (Å²) in [6.45, 7) is 6.81. The number of amides is 1. The first kappa shape index (κ1) is 21.2. The molecule has 1 aromatic heterocycles. The summed E-state index contributed by atoms with van der Waals surface area (Å²) < 4.78 is 10.2. The molecule has 9 heteroatoms. The SMILES string of the molecule is COC(=O)c1nnc(Cl)cc1NCCC1CCCCN1C(=O)OC(C)(C)C. The number of esters is 1. The lowest BCUT2D eigenvalue weighted by Crippen LogP contribution is -2.46. The molecular formula is C18H27ClN4O4. The molecule has 2 heterocycles. The van der Waals surface area contributed by atoms with Crippen molar-refractivity contribution in [2.75, 3.05) is 25.5 Å². The van der Waals surface area contributed by atoms with Crippen molar-refractivity contribution in [3.05, 3.63) is 16.9 Å². The molecule has 0 aliphatic carbocycles.